The van der Waals surface area contributed by atoms with Gasteiger partial charge < -0.3 is 9.73 Å². The van der Waals surface area contributed by atoms with Crippen molar-refractivity contribution < 1.29 is 9.21 Å². The molecule has 1 aromatic heterocycles. The van der Waals surface area contributed by atoms with E-state index >= 15 is 0 Å². The number of anilines is 1. The van der Waals surface area contributed by atoms with Crippen LogP contribution >= 0.6 is 0 Å². The number of nitrogens with one attached hydrogen (secondary N) is 1. The largest absolute Gasteiger partial charge is 0.464 e. The molecule has 1 heterocycles. The molecule has 0 radical (unpaired) electrons. The van der Waals surface area contributed by atoms with E-state index in [4.69, 9.17) is 4.42 Å². The van der Waals surface area contributed by atoms with E-state index in [2.05, 4.69) is 28.5 Å². The minimum Gasteiger partial charge on any atom is -0.464 e. The van der Waals surface area contributed by atoms with E-state index in [9.17, 15) is 4.79 Å². The molecule has 5 heteroatoms. The molecule has 144 valence electrons. The number of amides is 1. The first-order chi connectivity index (χ1) is 14.2. The lowest BCUT2D eigenvalue weighted by Gasteiger charge is -2.05. The molecule has 0 saturated heterocycles. The van der Waals surface area contributed by atoms with E-state index in [0.29, 0.717) is 0 Å². The monoisotopic (exact) mass is 383 g/mol. The van der Waals surface area contributed by atoms with Crippen molar-refractivity contribution in [1.29, 1.82) is 0 Å². The number of azo groups is 1. The van der Waals surface area contributed by atoms with Gasteiger partial charge in [-0.15, -0.1) is 0 Å². The van der Waals surface area contributed by atoms with Gasteiger partial charge in [0.25, 0.3) is 0 Å². The van der Waals surface area contributed by atoms with Crippen molar-refractivity contribution in [2.75, 3.05) is 5.32 Å². The van der Waals surface area contributed by atoms with Gasteiger partial charge in [-0.2, -0.15) is 10.2 Å². The Morgan fingerprint density at radius 1 is 0.931 bits per heavy atom. The minimum absolute atomic E-state index is 0.0896. The Hall–Kier alpha value is -3.73. The van der Waals surface area contributed by atoms with Gasteiger partial charge in [-0.25, -0.2) is 0 Å². The fourth-order valence-corrected chi connectivity index (χ4v) is 3.09. The van der Waals surface area contributed by atoms with Crippen LogP contribution in [0.15, 0.2) is 93.7 Å². The highest BCUT2D eigenvalue weighted by Gasteiger charge is 2.11. The summed E-state index contributed by atoms with van der Waals surface area (Å²) in [5.74, 6) is -0.0896. The van der Waals surface area contributed by atoms with Crippen molar-refractivity contribution in [1.82, 2.24) is 0 Å². The molecule has 0 aliphatic rings. The molecule has 0 atom stereocenters. The molecule has 4 aromatic rings. The second-order valence-electron chi connectivity index (χ2n) is 6.75. The highest BCUT2D eigenvalue weighted by molar-refractivity contribution is 5.95. The van der Waals surface area contributed by atoms with Crippen molar-refractivity contribution in [2.45, 2.75) is 19.8 Å². The Morgan fingerprint density at radius 2 is 1.66 bits per heavy atom. The summed E-state index contributed by atoms with van der Waals surface area (Å²) in [4.78, 5) is 12.5. The van der Waals surface area contributed by atoms with Gasteiger partial charge in [0.1, 0.15) is 5.58 Å². The normalized spacial score (nSPS) is 11.2. The third-order valence-electron chi connectivity index (χ3n) is 4.67. The maximum absolute atomic E-state index is 12.5. The number of carbonyl (C=O) groups is 1. The van der Waals surface area contributed by atoms with Gasteiger partial charge in [0.15, 0.2) is 0 Å². The number of nitrogens with zero attached hydrogens (tertiary/aromatic N) is 2. The number of benzene rings is 3. The van der Waals surface area contributed by atoms with E-state index < -0.39 is 0 Å². The molecule has 0 bridgehead atoms. The number of hydrogen-bond donors (Lipinski definition) is 1. The number of rotatable bonds is 6. The first-order valence-electron chi connectivity index (χ1n) is 9.57. The van der Waals surface area contributed by atoms with Crippen molar-refractivity contribution in [2.24, 2.45) is 10.2 Å². The van der Waals surface area contributed by atoms with Crippen molar-refractivity contribution in [3.05, 3.63) is 90.2 Å². The molecule has 0 saturated carbocycles. The average Bonchev–Trinajstić information content (AvgIpc) is 3.15. The van der Waals surface area contributed by atoms with Crippen LogP contribution in [0.5, 0.6) is 0 Å². The van der Waals surface area contributed by atoms with Crippen LogP contribution in [0, 0.1) is 0 Å². The van der Waals surface area contributed by atoms with Crippen LogP contribution in [-0.4, -0.2) is 5.91 Å². The molecule has 1 amide bonds. The molecule has 3 aromatic carbocycles. The van der Waals surface area contributed by atoms with Gasteiger partial charge in [0.2, 0.25) is 5.91 Å². The first-order valence-corrected chi connectivity index (χ1v) is 9.57. The van der Waals surface area contributed by atoms with Crippen molar-refractivity contribution in [3.8, 4) is 0 Å². The number of carbonyl (C=O) groups excluding carboxylic acids is 1. The highest BCUT2D eigenvalue weighted by Crippen LogP contribution is 2.24. The van der Waals surface area contributed by atoms with Gasteiger partial charge in [0, 0.05) is 16.6 Å². The summed E-state index contributed by atoms with van der Waals surface area (Å²) in [5.41, 5.74) is 5.15. The van der Waals surface area contributed by atoms with Crippen LogP contribution in [0.1, 0.15) is 18.1 Å². The summed E-state index contributed by atoms with van der Waals surface area (Å²) in [6.45, 7) is 2.11. The molecule has 0 fully saturated rings. The van der Waals surface area contributed by atoms with E-state index in [1.54, 1.807) is 6.26 Å². The molecule has 0 unspecified atom stereocenters. The predicted octanol–water partition coefficient (Wildman–Crippen LogP) is 6.59. The zero-order valence-corrected chi connectivity index (χ0v) is 16.1. The third kappa shape index (κ3) is 4.58. The fourth-order valence-electron chi connectivity index (χ4n) is 3.09. The van der Waals surface area contributed by atoms with Gasteiger partial charge in [0.05, 0.1) is 24.1 Å². The average molecular weight is 383 g/mol. The SMILES string of the molecule is CCc1ccc2occ(CC(=O)Nc3ccc(N=Nc4ccccc4)cc3)c2c1. The van der Waals surface area contributed by atoms with E-state index in [-0.39, 0.29) is 12.3 Å². The second-order valence-corrected chi connectivity index (χ2v) is 6.75. The third-order valence-corrected chi connectivity index (χ3v) is 4.67. The number of aryl methyl sites for hydroxylation is 1. The molecule has 29 heavy (non-hydrogen) atoms. The zero-order chi connectivity index (χ0) is 20.1. The van der Waals surface area contributed by atoms with Crippen molar-refractivity contribution >= 4 is 33.9 Å². The first kappa shape index (κ1) is 18.6. The van der Waals surface area contributed by atoms with Crippen LogP contribution < -0.4 is 5.32 Å². The van der Waals surface area contributed by atoms with Crippen LogP contribution in [0.3, 0.4) is 0 Å². The van der Waals surface area contributed by atoms with Crippen LogP contribution in [0.2, 0.25) is 0 Å². The Kier molecular flexibility index (Phi) is 5.47. The smallest absolute Gasteiger partial charge is 0.228 e. The molecular weight excluding hydrogens is 362 g/mol. The number of furan rings is 1. The number of fused-ring (bicyclic) bond motifs is 1. The van der Waals surface area contributed by atoms with Gasteiger partial charge >= 0.3 is 0 Å². The molecule has 5 nitrogen and oxygen atoms in total. The van der Waals surface area contributed by atoms with Gasteiger partial charge in [-0.3, -0.25) is 4.79 Å². The quantitative estimate of drug-likeness (QED) is 0.382. The Balaban J connectivity index is 1.40. The van der Waals surface area contributed by atoms with Gasteiger partial charge in [-0.05, 0) is 60.5 Å². The topological polar surface area (TPSA) is 67.0 Å². The summed E-state index contributed by atoms with van der Waals surface area (Å²) < 4.78 is 5.58. The fraction of sp³-hybridized carbons (Fsp3) is 0.125. The summed E-state index contributed by atoms with van der Waals surface area (Å²) in [6.07, 6.45) is 2.87. The Bertz CT molecular complexity index is 1150. The maximum Gasteiger partial charge on any atom is 0.228 e. The minimum atomic E-state index is -0.0896. The lowest BCUT2D eigenvalue weighted by molar-refractivity contribution is -0.115. The van der Waals surface area contributed by atoms with E-state index in [0.717, 1.165) is 40.0 Å². The summed E-state index contributed by atoms with van der Waals surface area (Å²) in [6, 6.07) is 22.9. The molecule has 0 spiro atoms. The molecule has 0 aliphatic carbocycles. The van der Waals surface area contributed by atoms with E-state index in [1.807, 2.05) is 66.7 Å². The van der Waals surface area contributed by atoms with E-state index in [1.165, 1.54) is 5.56 Å². The molecular formula is C24H21N3O2. The Labute approximate surface area is 169 Å². The maximum atomic E-state index is 12.5. The summed E-state index contributed by atoms with van der Waals surface area (Å²) in [5, 5.41) is 12.3. The molecule has 1 N–H and O–H groups in total. The van der Waals surface area contributed by atoms with Gasteiger partial charge in [-0.1, -0.05) is 31.2 Å². The van der Waals surface area contributed by atoms with Crippen molar-refractivity contribution in [3.63, 3.8) is 0 Å². The molecule has 0 aliphatic heterocycles. The Morgan fingerprint density at radius 3 is 2.38 bits per heavy atom. The predicted molar refractivity (Wildman–Crippen MR) is 115 cm³/mol. The van der Waals surface area contributed by atoms with Crippen LogP contribution in [0.4, 0.5) is 17.1 Å². The summed E-state index contributed by atoms with van der Waals surface area (Å²) in [7, 11) is 0. The van der Waals surface area contributed by atoms with Crippen LogP contribution in [0.25, 0.3) is 11.0 Å². The zero-order valence-electron chi connectivity index (χ0n) is 16.1. The number of hydrogen-bond acceptors (Lipinski definition) is 4. The molecule has 4 rings (SSSR count). The lowest BCUT2D eigenvalue weighted by Crippen LogP contribution is -2.14. The van der Waals surface area contributed by atoms with Crippen LogP contribution in [-0.2, 0) is 17.6 Å². The summed E-state index contributed by atoms with van der Waals surface area (Å²) >= 11 is 0. The lowest BCUT2D eigenvalue weighted by atomic mass is 10.1. The second kappa shape index (κ2) is 8.52. The highest BCUT2D eigenvalue weighted by atomic mass is 16.3. The standard InChI is InChI=1S/C24H21N3O2/c1-2-17-8-13-23-22(14-17)18(16-29-23)15-24(28)25-19-9-11-21(12-10-19)27-26-20-6-4-3-5-7-20/h3-14,16H,2,15H2,1H3,(H,25,28).